The molecule has 162 valence electrons. The largest absolute Gasteiger partial charge is 0.378 e. The second kappa shape index (κ2) is 8.11. The van der Waals surface area contributed by atoms with Crippen LogP contribution in [0.5, 0.6) is 0 Å². The third kappa shape index (κ3) is 4.13. The van der Waals surface area contributed by atoms with Gasteiger partial charge in [-0.25, -0.2) is 9.97 Å². The summed E-state index contributed by atoms with van der Waals surface area (Å²) in [4.78, 5) is 13.6. The second-order valence-corrected chi connectivity index (χ2v) is 9.06. The van der Waals surface area contributed by atoms with Crippen molar-refractivity contribution in [3.05, 3.63) is 23.4 Å². The summed E-state index contributed by atoms with van der Waals surface area (Å²) < 4.78 is 20.8. The summed E-state index contributed by atoms with van der Waals surface area (Å²) >= 11 is 0. The quantitative estimate of drug-likeness (QED) is 0.719. The Morgan fingerprint density at radius 2 is 1.97 bits per heavy atom. The highest BCUT2D eigenvalue weighted by molar-refractivity contribution is 5.59. The number of ether oxygens (including phenoxy) is 1. The number of rotatable bonds is 7. The number of aromatic nitrogens is 4. The molecule has 2 saturated heterocycles. The summed E-state index contributed by atoms with van der Waals surface area (Å²) in [6.45, 7) is 9.25. The van der Waals surface area contributed by atoms with Crippen LogP contribution in [0.15, 0.2) is 6.07 Å². The maximum Gasteiger partial charge on any atom is 0.208 e. The molecule has 1 aliphatic carbocycles. The number of hydrogen-bond donors (Lipinski definition) is 2. The predicted octanol–water partition coefficient (Wildman–Crippen LogP) is 2.68. The summed E-state index contributed by atoms with van der Waals surface area (Å²) in [7, 11) is 0. The van der Waals surface area contributed by atoms with Crippen LogP contribution >= 0.6 is 0 Å². The second-order valence-electron chi connectivity index (χ2n) is 9.06. The number of H-pyrrole nitrogens is 1. The lowest BCUT2D eigenvalue weighted by molar-refractivity contribution is -0.0661. The van der Waals surface area contributed by atoms with Crippen LogP contribution < -0.4 is 10.2 Å². The van der Waals surface area contributed by atoms with Crippen LogP contribution in [0.4, 0.5) is 21.8 Å². The topological polar surface area (TPSA) is 82.2 Å². The first-order chi connectivity index (χ1) is 14.6. The Hall–Kier alpha value is -2.26. The van der Waals surface area contributed by atoms with Gasteiger partial charge in [0, 0.05) is 43.9 Å². The molecular weight excluding hydrogens is 385 g/mol. The van der Waals surface area contributed by atoms with Gasteiger partial charge in [-0.05, 0) is 25.2 Å². The van der Waals surface area contributed by atoms with Crippen molar-refractivity contribution in [2.45, 2.75) is 45.1 Å². The Morgan fingerprint density at radius 1 is 1.20 bits per heavy atom. The summed E-state index contributed by atoms with van der Waals surface area (Å²) in [5.74, 6) is 2.43. The monoisotopic (exact) mass is 415 g/mol. The number of halogens is 1. The van der Waals surface area contributed by atoms with Crippen molar-refractivity contribution in [1.29, 1.82) is 0 Å². The molecule has 0 spiro atoms. The minimum atomic E-state index is -0.395. The third-order valence-electron chi connectivity index (χ3n) is 6.05. The van der Waals surface area contributed by atoms with Crippen molar-refractivity contribution in [2.75, 3.05) is 49.6 Å². The zero-order valence-electron chi connectivity index (χ0n) is 17.7. The van der Waals surface area contributed by atoms with Gasteiger partial charge in [0.25, 0.3) is 0 Å². The van der Waals surface area contributed by atoms with Crippen molar-refractivity contribution in [3.8, 4) is 0 Å². The average molecular weight is 416 g/mol. The van der Waals surface area contributed by atoms with Gasteiger partial charge in [0.05, 0.1) is 19.3 Å². The highest BCUT2D eigenvalue weighted by Gasteiger charge is 2.33. The van der Waals surface area contributed by atoms with Gasteiger partial charge in [-0.2, -0.15) is 9.49 Å². The molecule has 30 heavy (non-hydrogen) atoms. The maximum atomic E-state index is 15.5. The fourth-order valence-electron chi connectivity index (χ4n) is 4.09. The van der Waals surface area contributed by atoms with Gasteiger partial charge >= 0.3 is 0 Å². The molecular formula is C21H30FN7O. The van der Waals surface area contributed by atoms with Crippen LogP contribution in [0.25, 0.3) is 0 Å². The Kier molecular flexibility index (Phi) is 5.32. The lowest BCUT2D eigenvalue weighted by Crippen LogP contribution is -2.56. The molecule has 0 amide bonds. The van der Waals surface area contributed by atoms with Crippen molar-refractivity contribution in [1.82, 2.24) is 25.1 Å². The zero-order valence-corrected chi connectivity index (χ0v) is 17.7. The Balaban J connectivity index is 1.35. The molecule has 0 bridgehead atoms. The molecule has 0 atom stereocenters. The van der Waals surface area contributed by atoms with E-state index in [4.69, 9.17) is 4.74 Å². The molecule has 2 N–H and O–H groups in total. The SMILES string of the molecule is CC(C)Cc1cc(Nc2nc(C3CC3)nc(N3CCN(C4COC4)CC3)c2F)n[nH]1. The number of piperazine rings is 1. The van der Waals surface area contributed by atoms with Crippen molar-refractivity contribution in [3.63, 3.8) is 0 Å². The van der Waals surface area contributed by atoms with E-state index in [1.54, 1.807) is 0 Å². The van der Waals surface area contributed by atoms with Gasteiger partial charge in [0.1, 0.15) is 5.82 Å². The van der Waals surface area contributed by atoms with Gasteiger partial charge in [-0.15, -0.1) is 0 Å². The van der Waals surface area contributed by atoms with Crippen LogP contribution in [-0.4, -0.2) is 70.5 Å². The molecule has 4 heterocycles. The molecule has 3 fully saturated rings. The normalized spacial score (nSPS) is 20.6. The highest BCUT2D eigenvalue weighted by atomic mass is 19.1. The van der Waals surface area contributed by atoms with Gasteiger partial charge in [-0.1, -0.05) is 13.8 Å². The fraction of sp³-hybridized carbons (Fsp3) is 0.667. The molecule has 3 aliphatic rings. The maximum absolute atomic E-state index is 15.5. The molecule has 5 rings (SSSR count). The van der Waals surface area contributed by atoms with Crippen molar-refractivity contribution < 1.29 is 9.13 Å². The van der Waals surface area contributed by atoms with E-state index in [1.807, 2.05) is 6.07 Å². The highest BCUT2D eigenvalue weighted by Crippen LogP contribution is 2.40. The fourth-order valence-corrected chi connectivity index (χ4v) is 4.09. The van der Waals surface area contributed by atoms with E-state index in [0.717, 1.165) is 70.2 Å². The Bertz CT molecular complexity index is 885. The molecule has 2 aromatic rings. The number of aromatic amines is 1. The number of anilines is 3. The molecule has 9 heteroatoms. The van der Waals surface area contributed by atoms with Crippen molar-refractivity contribution >= 4 is 17.5 Å². The first-order valence-corrected chi connectivity index (χ1v) is 11.0. The summed E-state index contributed by atoms with van der Waals surface area (Å²) in [5, 5.41) is 10.4. The number of hydrogen-bond acceptors (Lipinski definition) is 7. The Morgan fingerprint density at radius 3 is 2.60 bits per heavy atom. The minimum Gasteiger partial charge on any atom is -0.378 e. The van der Waals surface area contributed by atoms with Crippen LogP contribution in [0.3, 0.4) is 0 Å². The predicted molar refractivity (Wildman–Crippen MR) is 113 cm³/mol. The smallest absolute Gasteiger partial charge is 0.208 e. The van der Waals surface area contributed by atoms with Crippen LogP contribution in [0.2, 0.25) is 0 Å². The lowest BCUT2D eigenvalue weighted by Gasteiger charge is -2.42. The molecule has 0 aromatic carbocycles. The van der Waals surface area contributed by atoms with E-state index in [0.29, 0.717) is 29.5 Å². The van der Waals surface area contributed by atoms with Gasteiger partial charge < -0.3 is 15.0 Å². The molecule has 0 radical (unpaired) electrons. The van der Waals surface area contributed by atoms with Crippen LogP contribution in [-0.2, 0) is 11.2 Å². The van der Waals surface area contributed by atoms with E-state index in [-0.39, 0.29) is 5.82 Å². The summed E-state index contributed by atoms with van der Waals surface area (Å²) in [6, 6.07) is 2.44. The third-order valence-corrected chi connectivity index (χ3v) is 6.05. The minimum absolute atomic E-state index is 0.222. The standard InChI is InChI=1S/C21H30FN7O/c1-13(2)9-15-10-17(27-26-15)23-20-18(22)21(25-19(24-20)14-3-4-14)29-7-5-28(6-8-29)16-11-30-12-16/h10,13-14,16H,3-9,11-12H2,1-2H3,(H2,23,24,25,26,27). The number of nitrogens with one attached hydrogen (secondary N) is 2. The van der Waals surface area contributed by atoms with Crippen molar-refractivity contribution in [2.24, 2.45) is 5.92 Å². The van der Waals surface area contributed by atoms with E-state index in [1.165, 1.54) is 0 Å². The first-order valence-electron chi connectivity index (χ1n) is 11.0. The molecule has 8 nitrogen and oxygen atoms in total. The van der Waals surface area contributed by atoms with Gasteiger partial charge in [0.15, 0.2) is 17.5 Å². The van der Waals surface area contributed by atoms with E-state index >= 15 is 4.39 Å². The number of nitrogens with zero attached hydrogens (tertiary/aromatic N) is 5. The van der Waals surface area contributed by atoms with Gasteiger partial charge in [-0.3, -0.25) is 10.00 Å². The molecule has 0 unspecified atom stereocenters. The zero-order chi connectivity index (χ0) is 20.7. The average Bonchev–Trinajstić information content (AvgIpc) is 3.44. The molecule has 2 aromatic heterocycles. The van der Waals surface area contributed by atoms with E-state index in [9.17, 15) is 0 Å². The first kappa shape index (κ1) is 19.7. The lowest BCUT2D eigenvalue weighted by atomic mass is 10.1. The Labute approximate surface area is 176 Å². The van der Waals surface area contributed by atoms with Gasteiger partial charge in [0.2, 0.25) is 5.82 Å². The summed E-state index contributed by atoms with van der Waals surface area (Å²) in [5.41, 5.74) is 1.03. The van der Waals surface area contributed by atoms with Crippen LogP contribution in [0, 0.1) is 11.7 Å². The molecule has 2 aliphatic heterocycles. The summed E-state index contributed by atoms with van der Waals surface area (Å²) in [6.07, 6.45) is 3.04. The molecule has 1 saturated carbocycles. The van der Waals surface area contributed by atoms with Crippen LogP contribution in [0.1, 0.15) is 44.1 Å². The van der Waals surface area contributed by atoms with E-state index < -0.39 is 5.82 Å². The van der Waals surface area contributed by atoms with E-state index in [2.05, 4.69) is 49.1 Å².